The number of fused-ring (bicyclic) bond motifs is 2. The van der Waals surface area contributed by atoms with Crippen LogP contribution in [0.15, 0.2) is 78.4 Å². The van der Waals surface area contributed by atoms with Gasteiger partial charge in [0.05, 0.1) is 23.3 Å². The molecule has 0 saturated carbocycles. The number of imidazole rings is 1. The van der Waals surface area contributed by atoms with Crippen LogP contribution in [0.5, 0.6) is 0 Å². The summed E-state index contributed by atoms with van der Waals surface area (Å²) in [6.07, 6.45) is 3.99. The fourth-order valence-corrected chi connectivity index (χ4v) is 4.14. The van der Waals surface area contributed by atoms with Gasteiger partial charge in [0.1, 0.15) is 0 Å². The summed E-state index contributed by atoms with van der Waals surface area (Å²) in [5, 5.41) is 5.98. The van der Waals surface area contributed by atoms with E-state index in [0.29, 0.717) is 0 Å². The molecule has 0 atom stereocenters. The van der Waals surface area contributed by atoms with Crippen molar-refractivity contribution in [3.8, 4) is 11.3 Å². The van der Waals surface area contributed by atoms with Crippen LogP contribution < -0.4 is 5.32 Å². The van der Waals surface area contributed by atoms with Gasteiger partial charge in [0, 0.05) is 34.4 Å². The van der Waals surface area contributed by atoms with Crippen LogP contribution in [0.2, 0.25) is 0 Å². The van der Waals surface area contributed by atoms with Gasteiger partial charge in [0.15, 0.2) is 4.96 Å². The van der Waals surface area contributed by atoms with E-state index in [4.69, 9.17) is 0 Å². The second-order valence-electron chi connectivity index (χ2n) is 6.48. The Balaban J connectivity index is 1.40. The average Bonchev–Trinajstić information content (AvgIpc) is 3.31. The molecule has 28 heavy (non-hydrogen) atoms. The maximum Gasteiger partial charge on any atom is 0.230 e. The van der Waals surface area contributed by atoms with E-state index in [9.17, 15) is 4.79 Å². The largest absolute Gasteiger partial charge is 0.324 e. The van der Waals surface area contributed by atoms with Crippen molar-refractivity contribution in [3.05, 3.63) is 84.1 Å². The van der Waals surface area contributed by atoms with Crippen molar-refractivity contribution in [2.75, 3.05) is 5.32 Å². The molecule has 0 radical (unpaired) electrons. The molecule has 136 valence electrons. The van der Waals surface area contributed by atoms with Gasteiger partial charge in [-0.25, -0.2) is 4.98 Å². The lowest BCUT2D eigenvalue weighted by atomic mass is 10.2. The zero-order valence-electron chi connectivity index (χ0n) is 14.9. The molecule has 2 aromatic carbocycles. The van der Waals surface area contributed by atoms with E-state index in [1.165, 1.54) is 11.3 Å². The third-order valence-electron chi connectivity index (χ3n) is 4.60. The number of para-hydroxylation sites is 1. The van der Waals surface area contributed by atoms with Crippen molar-refractivity contribution in [2.24, 2.45) is 0 Å². The number of thiazole rings is 1. The Labute approximate surface area is 165 Å². The Hall–Kier alpha value is -3.51. The number of carbonyl (C=O) groups is 1. The van der Waals surface area contributed by atoms with Crippen LogP contribution in [0, 0.1) is 0 Å². The first kappa shape index (κ1) is 16.6. The first-order valence-electron chi connectivity index (χ1n) is 8.92. The summed E-state index contributed by atoms with van der Waals surface area (Å²) in [6, 6.07) is 19.7. The van der Waals surface area contributed by atoms with Crippen LogP contribution in [0.1, 0.15) is 5.69 Å². The molecule has 1 amide bonds. The minimum atomic E-state index is -0.0761. The van der Waals surface area contributed by atoms with Crippen LogP contribution in [-0.2, 0) is 11.2 Å². The Bertz CT molecular complexity index is 1280. The lowest BCUT2D eigenvalue weighted by molar-refractivity contribution is -0.115. The highest BCUT2D eigenvalue weighted by molar-refractivity contribution is 7.15. The second kappa shape index (κ2) is 6.90. The first-order chi connectivity index (χ1) is 13.8. The molecule has 1 N–H and O–H groups in total. The van der Waals surface area contributed by atoms with E-state index in [1.54, 1.807) is 6.20 Å². The number of hydrogen-bond donors (Lipinski definition) is 1. The smallest absolute Gasteiger partial charge is 0.230 e. The summed E-state index contributed by atoms with van der Waals surface area (Å²) in [6.45, 7) is 0. The zero-order valence-corrected chi connectivity index (χ0v) is 15.7. The summed E-state index contributed by atoms with van der Waals surface area (Å²) in [7, 11) is 0. The van der Waals surface area contributed by atoms with Gasteiger partial charge < -0.3 is 5.32 Å². The van der Waals surface area contributed by atoms with Crippen molar-refractivity contribution in [1.82, 2.24) is 14.4 Å². The quantitative estimate of drug-likeness (QED) is 0.485. The Morgan fingerprint density at radius 2 is 1.89 bits per heavy atom. The predicted molar refractivity (Wildman–Crippen MR) is 113 cm³/mol. The number of rotatable bonds is 4. The van der Waals surface area contributed by atoms with Crippen LogP contribution >= 0.6 is 11.3 Å². The highest BCUT2D eigenvalue weighted by Crippen LogP contribution is 2.25. The summed E-state index contributed by atoms with van der Waals surface area (Å²) in [4.78, 5) is 22.6. The zero-order chi connectivity index (χ0) is 18.9. The molecule has 5 nitrogen and oxygen atoms in total. The number of benzene rings is 2. The minimum absolute atomic E-state index is 0.0761. The average molecular weight is 384 g/mol. The number of aromatic nitrogens is 3. The van der Waals surface area contributed by atoms with E-state index in [2.05, 4.69) is 15.3 Å². The highest BCUT2D eigenvalue weighted by atomic mass is 32.1. The SMILES string of the molecule is O=C(Cc1csc2nc(-c3ccccc3)cn12)Nc1cccc2cccnc12. The van der Waals surface area contributed by atoms with Crippen LogP contribution in [0.25, 0.3) is 27.1 Å². The van der Waals surface area contributed by atoms with Crippen molar-refractivity contribution < 1.29 is 4.79 Å². The molecule has 0 bridgehead atoms. The molecule has 5 aromatic rings. The van der Waals surface area contributed by atoms with Gasteiger partial charge in [0.25, 0.3) is 0 Å². The van der Waals surface area contributed by atoms with E-state index in [0.717, 1.165) is 38.5 Å². The topological polar surface area (TPSA) is 59.3 Å². The van der Waals surface area contributed by atoms with Crippen LogP contribution in [0.4, 0.5) is 5.69 Å². The summed E-state index contributed by atoms with van der Waals surface area (Å²) < 4.78 is 1.99. The van der Waals surface area contributed by atoms with Gasteiger partial charge in [-0.05, 0) is 12.1 Å². The molecule has 6 heteroatoms. The number of hydrogen-bond acceptors (Lipinski definition) is 4. The predicted octanol–water partition coefficient (Wildman–Crippen LogP) is 4.79. The maximum atomic E-state index is 12.7. The molecule has 0 aliphatic heterocycles. The van der Waals surface area contributed by atoms with E-state index in [-0.39, 0.29) is 12.3 Å². The van der Waals surface area contributed by atoms with Crippen molar-refractivity contribution in [1.29, 1.82) is 0 Å². The van der Waals surface area contributed by atoms with Gasteiger partial charge in [0.2, 0.25) is 5.91 Å². The first-order valence-corrected chi connectivity index (χ1v) is 9.80. The molecular formula is C22H16N4OS. The van der Waals surface area contributed by atoms with Gasteiger partial charge >= 0.3 is 0 Å². The van der Waals surface area contributed by atoms with Gasteiger partial charge in [-0.1, -0.05) is 48.5 Å². The Morgan fingerprint density at radius 1 is 1.04 bits per heavy atom. The minimum Gasteiger partial charge on any atom is -0.324 e. The fraction of sp³-hybridized carbons (Fsp3) is 0.0455. The van der Waals surface area contributed by atoms with Gasteiger partial charge in [-0.3, -0.25) is 14.2 Å². The summed E-state index contributed by atoms with van der Waals surface area (Å²) >= 11 is 1.54. The highest BCUT2D eigenvalue weighted by Gasteiger charge is 2.13. The summed E-state index contributed by atoms with van der Waals surface area (Å²) in [5.74, 6) is -0.0761. The number of amides is 1. The number of nitrogens with one attached hydrogen (secondary N) is 1. The van der Waals surface area contributed by atoms with Crippen molar-refractivity contribution in [2.45, 2.75) is 6.42 Å². The lowest BCUT2D eigenvalue weighted by Gasteiger charge is -2.07. The van der Waals surface area contributed by atoms with Gasteiger partial charge in [-0.2, -0.15) is 0 Å². The normalized spacial score (nSPS) is 11.1. The molecule has 3 aromatic heterocycles. The van der Waals surface area contributed by atoms with E-state index < -0.39 is 0 Å². The maximum absolute atomic E-state index is 12.7. The molecule has 0 saturated heterocycles. The van der Waals surface area contributed by atoms with Crippen molar-refractivity contribution in [3.63, 3.8) is 0 Å². The molecular weight excluding hydrogens is 368 g/mol. The van der Waals surface area contributed by atoms with Crippen LogP contribution in [-0.4, -0.2) is 20.3 Å². The molecule has 0 unspecified atom stereocenters. The Kier molecular flexibility index (Phi) is 4.10. The summed E-state index contributed by atoms with van der Waals surface area (Å²) in [5.41, 5.74) is 4.41. The van der Waals surface area contributed by atoms with Crippen LogP contribution in [0.3, 0.4) is 0 Å². The molecule has 5 rings (SSSR count). The fourth-order valence-electron chi connectivity index (χ4n) is 3.27. The Morgan fingerprint density at radius 3 is 2.79 bits per heavy atom. The monoisotopic (exact) mass is 384 g/mol. The van der Waals surface area contributed by atoms with E-state index >= 15 is 0 Å². The molecule has 3 heterocycles. The van der Waals surface area contributed by atoms with Gasteiger partial charge in [-0.15, -0.1) is 11.3 Å². The van der Waals surface area contributed by atoms with E-state index in [1.807, 2.05) is 76.6 Å². The van der Waals surface area contributed by atoms with Crippen molar-refractivity contribution >= 4 is 38.8 Å². The number of pyridine rings is 1. The lowest BCUT2D eigenvalue weighted by Crippen LogP contribution is -2.15. The molecule has 0 spiro atoms. The third-order valence-corrected chi connectivity index (χ3v) is 5.49. The third kappa shape index (κ3) is 3.04. The second-order valence-corrected chi connectivity index (χ2v) is 7.31. The number of nitrogens with zero attached hydrogens (tertiary/aromatic N) is 3. The standard InChI is InChI=1S/C22H16N4OS/c27-20(24-18-10-4-8-16-9-5-11-23-21(16)18)12-17-14-28-22-25-19(13-26(17)22)15-6-2-1-3-7-15/h1-11,13-14H,12H2,(H,24,27). The number of anilines is 1. The molecule has 0 fully saturated rings. The number of carbonyl (C=O) groups excluding carboxylic acids is 1. The molecule has 0 aliphatic carbocycles. The molecule has 0 aliphatic rings.